The SMILES string of the molecule is Cc1cc(N2CCO[C@@H](C(F)(F)F)C2)nc(N)n1. The predicted octanol–water partition coefficient (Wildman–Crippen LogP) is 1.13. The Morgan fingerprint density at radius 1 is 1.44 bits per heavy atom. The Bertz CT molecular complexity index is 417. The zero-order chi connectivity index (χ0) is 13.3. The van der Waals surface area contributed by atoms with E-state index in [9.17, 15) is 13.2 Å². The van der Waals surface area contributed by atoms with Crippen LogP contribution in [0.4, 0.5) is 24.9 Å². The summed E-state index contributed by atoms with van der Waals surface area (Å²) >= 11 is 0. The van der Waals surface area contributed by atoms with E-state index in [-0.39, 0.29) is 19.1 Å². The molecule has 8 heteroatoms. The Morgan fingerprint density at radius 2 is 2.17 bits per heavy atom. The van der Waals surface area contributed by atoms with Gasteiger partial charge in [0.15, 0.2) is 6.10 Å². The first kappa shape index (κ1) is 12.9. The number of alkyl halides is 3. The molecule has 2 rings (SSSR count). The number of hydrogen-bond donors (Lipinski definition) is 1. The van der Waals surface area contributed by atoms with Crippen LogP contribution in [0.15, 0.2) is 6.07 Å². The van der Waals surface area contributed by atoms with Crippen molar-refractivity contribution in [3.8, 4) is 0 Å². The third-order valence-electron chi connectivity index (χ3n) is 2.61. The van der Waals surface area contributed by atoms with Crippen LogP contribution >= 0.6 is 0 Å². The molecule has 0 unspecified atom stereocenters. The molecule has 0 spiro atoms. The van der Waals surface area contributed by atoms with Crippen molar-refractivity contribution in [1.82, 2.24) is 9.97 Å². The molecule has 1 aromatic heterocycles. The first-order chi connectivity index (χ1) is 8.36. The molecule has 0 amide bonds. The van der Waals surface area contributed by atoms with E-state index in [2.05, 4.69) is 9.97 Å². The average molecular weight is 262 g/mol. The maximum absolute atomic E-state index is 12.6. The highest BCUT2D eigenvalue weighted by atomic mass is 19.4. The van der Waals surface area contributed by atoms with Gasteiger partial charge in [-0.1, -0.05) is 0 Å². The predicted molar refractivity (Wildman–Crippen MR) is 59.2 cm³/mol. The summed E-state index contributed by atoms with van der Waals surface area (Å²) in [5.74, 6) is 0.456. The lowest BCUT2D eigenvalue weighted by Gasteiger charge is -2.34. The molecule has 1 aromatic rings. The van der Waals surface area contributed by atoms with Crippen molar-refractivity contribution in [2.75, 3.05) is 30.3 Å². The van der Waals surface area contributed by atoms with Gasteiger partial charge in [-0.15, -0.1) is 0 Å². The molecule has 0 aliphatic carbocycles. The number of nitrogens with two attached hydrogens (primary N) is 1. The maximum Gasteiger partial charge on any atom is 0.416 e. The van der Waals surface area contributed by atoms with E-state index in [4.69, 9.17) is 10.5 Å². The van der Waals surface area contributed by atoms with Gasteiger partial charge in [0.05, 0.1) is 13.2 Å². The molecule has 2 heterocycles. The van der Waals surface area contributed by atoms with E-state index in [0.29, 0.717) is 18.1 Å². The van der Waals surface area contributed by atoms with Crippen LogP contribution in [0.3, 0.4) is 0 Å². The smallest absolute Gasteiger partial charge is 0.368 e. The minimum Gasteiger partial charge on any atom is -0.368 e. The number of anilines is 2. The normalized spacial score (nSPS) is 21.1. The Morgan fingerprint density at radius 3 is 2.78 bits per heavy atom. The molecule has 100 valence electrons. The number of nitrogens with zero attached hydrogens (tertiary/aromatic N) is 3. The van der Waals surface area contributed by atoms with Gasteiger partial charge in [-0.2, -0.15) is 18.2 Å². The molecule has 2 N–H and O–H groups in total. The first-order valence-corrected chi connectivity index (χ1v) is 5.40. The number of aryl methyl sites for hydroxylation is 1. The molecule has 1 atom stereocenters. The minimum atomic E-state index is -4.37. The van der Waals surface area contributed by atoms with E-state index in [1.54, 1.807) is 13.0 Å². The lowest BCUT2D eigenvalue weighted by molar-refractivity contribution is -0.221. The van der Waals surface area contributed by atoms with Gasteiger partial charge in [0, 0.05) is 18.3 Å². The maximum atomic E-state index is 12.6. The van der Waals surface area contributed by atoms with Crippen LogP contribution in [0.1, 0.15) is 5.69 Å². The highest BCUT2D eigenvalue weighted by Crippen LogP contribution is 2.27. The number of halogens is 3. The Labute approximate surface area is 102 Å². The fraction of sp³-hybridized carbons (Fsp3) is 0.600. The van der Waals surface area contributed by atoms with Crippen LogP contribution in [0.5, 0.6) is 0 Å². The van der Waals surface area contributed by atoms with Crippen molar-refractivity contribution in [2.45, 2.75) is 19.2 Å². The van der Waals surface area contributed by atoms with E-state index in [1.807, 2.05) is 0 Å². The number of rotatable bonds is 1. The average Bonchev–Trinajstić information content (AvgIpc) is 2.27. The molecule has 0 radical (unpaired) electrons. The van der Waals surface area contributed by atoms with E-state index in [1.165, 1.54) is 4.90 Å². The second-order valence-corrected chi connectivity index (χ2v) is 4.07. The molecular formula is C10H13F3N4O. The third kappa shape index (κ3) is 2.81. The van der Waals surface area contributed by atoms with Gasteiger partial charge in [-0.05, 0) is 6.92 Å². The van der Waals surface area contributed by atoms with Crippen molar-refractivity contribution in [3.05, 3.63) is 11.8 Å². The summed E-state index contributed by atoms with van der Waals surface area (Å²) in [5.41, 5.74) is 6.10. The fourth-order valence-electron chi connectivity index (χ4n) is 1.79. The molecule has 5 nitrogen and oxygen atoms in total. The van der Waals surface area contributed by atoms with Gasteiger partial charge in [-0.3, -0.25) is 0 Å². The van der Waals surface area contributed by atoms with Gasteiger partial charge in [0.2, 0.25) is 5.95 Å². The van der Waals surface area contributed by atoms with Gasteiger partial charge >= 0.3 is 6.18 Å². The van der Waals surface area contributed by atoms with Crippen molar-refractivity contribution in [2.24, 2.45) is 0 Å². The summed E-state index contributed by atoms with van der Waals surface area (Å²) in [7, 11) is 0. The molecular weight excluding hydrogens is 249 g/mol. The van der Waals surface area contributed by atoms with Crippen LogP contribution in [-0.2, 0) is 4.74 Å². The lowest BCUT2D eigenvalue weighted by atomic mass is 10.2. The Kier molecular flexibility index (Phi) is 3.29. The fourth-order valence-corrected chi connectivity index (χ4v) is 1.79. The second-order valence-electron chi connectivity index (χ2n) is 4.07. The zero-order valence-electron chi connectivity index (χ0n) is 9.74. The molecule has 0 saturated carbocycles. The van der Waals surface area contributed by atoms with Crippen molar-refractivity contribution < 1.29 is 17.9 Å². The number of morpholine rings is 1. The molecule has 0 aromatic carbocycles. The lowest BCUT2D eigenvalue weighted by Crippen LogP contribution is -2.49. The standard InChI is InChI=1S/C10H13F3N4O/c1-6-4-8(16-9(14)15-6)17-2-3-18-7(5-17)10(11,12)13/h4,7H,2-3,5H2,1H3,(H2,14,15,16)/t7-/m1/s1. The summed E-state index contributed by atoms with van der Waals surface area (Å²) in [4.78, 5) is 9.33. The summed E-state index contributed by atoms with van der Waals surface area (Å²) in [6.07, 6.45) is -6.16. The van der Waals surface area contributed by atoms with E-state index < -0.39 is 12.3 Å². The van der Waals surface area contributed by atoms with Crippen molar-refractivity contribution >= 4 is 11.8 Å². The van der Waals surface area contributed by atoms with Crippen LogP contribution in [-0.4, -0.2) is 41.9 Å². The van der Waals surface area contributed by atoms with Gasteiger partial charge in [0.1, 0.15) is 5.82 Å². The zero-order valence-corrected chi connectivity index (χ0v) is 9.74. The van der Waals surface area contributed by atoms with Crippen molar-refractivity contribution in [3.63, 3.8) is 0 Å². The minimum absolute atomic E-state index is 0.00708. The van der Waals surface area contributed by atoms with Crippen LogP contribution in [0, 0.1) is 6.92 Å². The summed E-state index contributed by atoms with van der Waals surface area (Å²) < 4.78 is 42.5. The molecule has 1 saturated heterocycles. The molecule has 18 heavy (non-hydrogen) atoms. The first-order valence-electron chi connectivity index (χ1n) is 5.40. The van der Waals surface area contributed by atoms with E-state index in [0.717, 1.165) is 0 Å². The van der Waals surface area contributed by atoms with Gasteiger partial charge in [0.25, 0.3) is 0 Å². The molecule has 0 bridgehead atoms. The summed E-state index contributed by atoms with van der Waals surface area (Å²) in [6.45, 7) is 1.79. The number of hydrogen-bond acceptors (Lipinski definition) is 5. The second kappa shape index (κ2) is 4.60. The largest absolute Gasteiger partial charge is 0.416 e. The monoisotopic (exact) mass is 262 g/mol. The summed E-state index contributed by atoms with van der Waals surface area (Å²) in [5, 5.41) is 0. The quantitative estimate of drug-likeness (QED) is 0.822. The third-order valence-corrected chi connectivity index (χ3v) is 2.61. The number of aromatic nitrogens is 2. The van der Waals surface area contributed by atoms with Crippen LogP contribution in [0.2, 0.25) is 0 Å². The highest BCUT2D eigenvalue weighted by molar-refractivity contribution is 5.43. The molecule has 1 aliphatic rings. The van der Waals surface area contributed by atoms with Gasteiger partial charge < -0.3 is 15.4 Å². The number of ether oxygens (including phenoxy) is 1. The molecule has 1 aliphatic heterocycles. The van der Waals surface area contributed by atoms with Crippen LogP contribution in [0.25, 0.3) is 0 Å². The molecule has 1 fully saturated rings. The summed E-state index contributed by atoms with van der Waals surface area (Å²) in [6, 6.07) is 1.61. The number of nitrogen functional groups attached to an aromatic ring is 1. The Balaban J connectivity index is 2.18. The Hall–Kier alpha value is -1.57. The van der Waals surface area contributed by atoms with E-state index >= 15 is 0 Å². The van der Waals surface area contributed by atoms with Crippen molar-refractivity contribution in [1.29, 1.82) is 0 Å². The van der Waals surface area contributed by atoms with Crippen LogP contribution < -0.4 is 10.6 Å². The van der Waals surface area contributed by atoms with Gasteiger partial charge in [-0.25, -0.2) is 4.98 Å². The topological polar surface area (TPSA) is 64.3 Å². The highest BCUT2D eigenvalue weighted by Gasteiger charge is 2.43.